The number of fused-ring (bicyclic) bond motifs is 1. The van der Waals surface area contributed by atoms with E-state index in [4.69, 9.17) is 9.84 Å². The second kappa shape index (κ2) is 9.04. The first-order chi connectivity index (χ1) is 14.5. The zero-order chi connectivity index (χ0) is 21.3. The van der Waals surface area contributed by atoms with E-state index in [-0.39, 0.29) is 18.0 Å². The highest BCUT2D eigenvalue weighted by atomic mass is 16.5. The number of hydrogen-bond donors (Lipinski definition) is 2. The number of rotatable bonds is 8. The van der Waals surface area contributed by atoms with E-state index in [9.17, 15) is 4.79 Å². The third kappa shape index (κ3) is 4.24. The fourth-order valence-corrected chi connectivity index (χ4v) is 4.73. The van der Waals surface area contributed by atoms with Crippen LogP contribution in [0.3, 0.4) is 0 Å². The van der Waals surface area contributed by atoms with Crippen LogP contribution in [0.4, 0.5) is 0 Å². The fraction of sp³-hybridized carbons (Fsp3) is 0.652. The summed E-state index contributed by atoms with van der Waals surface area (Å²) in [5.41, 5.74) is 4.64. The van der Waals surface area contributed by atoms with Crippen molar-refractivity contribution in [1.29, 1.82) is 0 Å². The Labute approximate surface area is 179 Å². The van der Waals surface area contributed by atoms with Crippen LogP contribution in [0.15, 0.2) is 12.1 Å². The molecule has 0 spiro atoms. The summed E-state index contributed by atoms with van der Waals surface area (Å²) >= 11 is 0. The number of aryl methyl sites for hydroxylation is 3. The molecule has 2 atom stereocenters. The Kier molecular flexibility index (Phi) is 6.41. The van der Waals surface area contributed by atoms with Gasteiger partial charge in [-0.05, 0) is 57.2 Å². The predicted molar refractivity (Wildman–Crippen MR) is 119 cm³/mol. The number of amides is 1. The van der Waals surface area contributed by atoms with E-state index >= 15 is 0 Å². The molecule has 1 amide bonds. The van der Waals surface area contributed by atoms with Crippen LogP contribution in [0.5, 0.6) is 0 Å². The number of nitrogens with one attached hydrogen (secondary N) is 2. The maximum atomic E-state index is 13.4. The molecule has 1 aromatic heterocycles. The minimum absolute atomic E-state index is 0.0412. The van der Waals surface area contributed by atoms with Gasteiger partial charge in [0.15, 0.2) is 0 Å². The van der Waals surface area contributed by atoms with Gasteiger partial charge in [-0.2, -0.15) is 5.10 Å². The van der Waals surface area contributed by atoms with Crippen molar-refractivity contribution in [2.24, 2.45) is 0 Å². The third-order valence-corrected chi connectivity index (χ3v) is 6.40. The Balaban J connectivity index is 1.64. The van der Waals surface area contributed by atoms with E-state index in [1.807, 2.05) is 0 Å². The van der Waals surface area contributed by atoms with Crippen LogP contribution in [0.1, 0.15) is 49.0 Å². The van der Waals surface area contributed by atoms with Gasteiger partial charge in [0.05, 0.1) is 23.3 Å². The van der Waals surface area contributed by atoms with Crippen LogP contribution >= 0.6 is 0 Å². The Morgan fingerprint density at radius 2 is 2.13 bits per heavy atom. The molecule has 1 aliphatic heterocycles. The summed E-state index contributed by atoms with van der Waals surface area (Å²) in [5, 5.41) is 12.7. The number of aromatic nitrogens is 2. The number of carbonyl (C=O) groups is 1. The molecule has 164 valence electrons. The predicted octanol–water partition coefficient (Wildman–Crippen LogP) is 2.30. The summed E-state index contributed by atoms with van der Waals surface area (Å²) in [6.45, 7) is 10.4. The first kappa shape index (κ1) is 21.3. The molecule has 1 aromatic carbocycles. The van der Waals surface area contributed by atoms with Crippen molar-refractivity contribution in [3.05, 3.63) is 29.0 Å². The number of methoxy groups -OCH3 is 1. The molecule has 4 rings (SSSR count). The van der Waals surface area contributed by atoms with E-state index in [1.165, 1.54) is 16.5 Å². The fourth-order valence-electron chi connectivity index (χ4n) is 4.73. The number of benzene rings is 1. The summed E-state index contributed by atoms with van der Waals surface area (Å²) in [6.07, 6.45) is 3.13. The minimum Gasteiger partial charge on any atom is -0.385 e. The number of ether oxygens (including phenoxy) is 1. The van der Waals surface area contributed by atoms with Crippen molar-refractivity contribution in [3.63, 3.8) is 0 Å². The molecule has 0 radical (unpaired) electrons. The van der Waals surface area contributed by atoms with Crippen LogP contribution in [-0.2, 0) is 16.1 Å². The average Bonchev–Trinajstić information content (AvgIpc) is 3.52. The highest BCUT2D eigenvalue weighted by molar-refractivity contribution is 5.87. The van der Waals surface area contributed by atoms with E-state index < -0.39 is 0 Å². The Morgan fingerprint density at radius 3 is 2.80 bits per heavy atom. The molecule has 7 nitrogen and oxygen atoms in total. The van der Waals surface area contributed by atoms with Crippen molar-refractivity contribution in [2.45, 2.75) is 64.7 Å². The lowest BCUT2D eigenvalue weighted by Crippen LogP contribution is -2.57. The van der Waals surface area contributed by atoms with Crippen molar-refractivity contribution >= 4 is 16.8 Å². The molecule has 2 aromatic rings. The van der Waals surface area contributed by atoms with Gasteiger partial charge in [0, 0.05) is 51.3 Å². The van der Waals surface area contributed by atoms with Gasteiger partial charge in [0.2, 0.25) is 5.91 Å². The third-order valence-electron chi connectivity index (χ3n) is 6.40. The first-order valence-electron chi connectivity index (χ1n) is 11.2. The second-order valence-electron chi connectivity index (χ2n) is 8.75. The molecule has 2 N–H and O–H groups in total. The highest BCUT2D eigenvalue weighted by Gasteiger charge is 2.39. The Hall–Kier alpha value is -1.96. The van der Waals surface area contributed by atoms with Gasteiger partial charge in [-0.1, -0.05) is 6.07 Å². The summed E-state index contributed by atoms with van der Waals surface area (Å²) in [6, 6.07) is 4.76. The Bertz CT molecular complexity index is 899. The molecule has 2 aliphatic rings. The lowest BCUT2D eigenvalue weighted by molar-refractivity contribution is -0.136. The van der Waals surface area contributed by atoms with Crippen molar-refractivity contribution in [1.82, 2.24) is 25.3 Å². The van der Waals surface area contributed by atoms with Gasteiger partial charge in [0.25, 0.3) is 0 Å². The van der Waals surface area contributed by atoms with Crippen molar-refractivity contribution in [3.8, 4) is 0 Å². The van der Waals surface area contributed by atoms with E-state index in [0.29, 0.717) is 12.6 Å². The van der Waals surface area contributed by atoms with Gasteiger partial charge < -0.3 is 20.3 Å². The van der Waals surface area contributed by atoms with Crippen LogP contribution in [0.25, 0.3) is 10.9 Å². The van der Waals surface area contributed by atoms with Crippen molar-refractivity contribution < 1.29 is 9.53 Å². The summed E-state index contributed by atoms with van der Waals surface area (Å²) < 4.78 is 7.32. The average molecular weight is 414 g/mol. The quantitative estimate of drug-likeness (QED) is 0.650. The maximum absolute atomic E-state index is 13.4. The standard InChI is InChI=1S/C23H35N5O2/c1-15-12-18(13-21-22(15)16(2)26-27(21)10-5-11-30-4)17(3)28(19-6-7-19)23(29)20-14-24-8-9-25-20/h12-13,17,19-20,24-25H,5-11,14H2,1-4H3/t17?,20-/m1/s1. The molecule has 7 heteroatoms. The summed E-state index contributed by atoms with van der Waals surface area (Å²) in [4.78, 5) is 15.5. The number of piperazine rings is 1. The number of hydrogen-bond acceptors (Lipinski definition) is 5. The zero-order valence-corrected chi connectivity index (χ0v) is 18.7. The monoisotopic (exact) mass is 413 g/mol. The summed E-state index contributed by atoms with van der Waals surface area (Å²) in [5.74, 6) is 0.222. The molecular weight excluding hydrogens is 378 g/mol. The van der Waals surface area contributed by atoms with Gasteiger partial charge in [0.1, 0.15) is 0 Å². The van der Waals surface area contributed by atoms with E-state index in [2.05, 4.69) is 53.1 Å². The van der Waals surface area contributed by atoms with Gasteiger partial charge >= 0.3 is 0 Å². The van der Waals surface area contributed by atoms with Crippen LogP contribution < -0.4 is 10.6 Å². The Morgan fingerprint density at radius 1 is 1.33 bits per heavy atom. The highest BCUT2D eigenvalue weighted by Crippen LogP contribution is 2.37. The molecule has 1 unspecified atom stereocenters. The number of nitrogens with zero attached hydrogens (tertiary/aromatic N) is 3. The van der Waals surface area contributed by atoms with Gasteiger partial charge in [-0.15, -0.1) is 0 Å². The number of carbonyl (C=O) groups excluding carboxylic acids is 1. The first-order valence-corrected chi connectivity index (χ1v) is 11.2. The molecule has 30 heavy (non-hydrogen) atoms. The molecule has 2 fully saturated rings. The minimum atomic E-state index is -0.131. The van der Waals surface area contributed by atoms with E-state index in [0.717, 1.165) is 56.7 Å². The molecule has 1 aliphatic carbocycles. The van der Waals surface area contributed by atoms with Gasteiger partial charge in [-0.25, -0.2) is 0 Å². The molecule has 2 heterocycles. The van der Waals surface area contributed by atoms with Crippen LogP contribution in [0.2, 0.25) is 0 Å². The largest absolute Gasteiger partial charge is 0.385 e. The SMILES string of the molecule is COCCCn1nc(C)c2c(C)cc(C(C)N(C(=O)[C@H]3CNCCN3)C3CC3)cc21. The second-order valence-corrected chi connectivity index (χ2v) is 8.75. The maximum Gasteiger partial charge on any atom is 0.241 e. The van der Waals surface area contributed by atoms with Crippen LogP contribution in [-0.4, -0.2) is 66.0 Å². The molecule has 1 saturated heterocycles. The lowest BCUT2D eigenvalue weighted by Gasteiger charge is -2.35. The normalized spacial score (nSPS) is 20.5. The van der Waals surface area contributed by atoms with Crippen LogP contribution in [0, 0.1) is 13.8 Å². The summed E-state index contributed by atoms with van der Waals surface area (Å²) in [7, 11) is 1.73. The topological polar surface area (TPSA) is 71.4 Å². The van der Waals surface area contributed by atoms with Gasteiger partial charge in [-0.3, -0.25) is 9.48 Å². The zero-order valence-electron chi connectivity index (χ0n) is 18.7. The molecular formula is C23H35N5O2. The van der Waals surface area contributed by atoms with E-state index in [1.54, 1.807) is 7.11 Å². The molecule has 0 bridgehead atoms. The smallest absolute Gasteiger partial charge is 0.241 e. The molecule has 1 saturated carbocycles. The lowest BCUT2D eigenvalue weighted by atomic mass is 9.99. The van der Waals surface area contributed by atoms with Crippen molar-refractivity contribution in [2.75, 3.05) is 33.4 Å².